The second-order valence-corrected chi connectivity index (χ2v) is 6.14. The average Bonchev–Trinajstić information content (AvgIpc) is 2.97. The molecule has 0 bridgehead atoms. The maximum atomic E-state index is 11.7. The van der Waals surface area contributed by atoms with Crippen LogP contribution >= 0.6 is 11.8 Å². The quantitative estimate of drug-likeness (QED) is 0.607. The van der Waals surface area contributed by atoms with Gasteiger partial charge in [0.2, 0.25) is 17.7 Å². The Kier molecular flexibility index (Phi) is 8.64. The highest BCUT2D eigenvalue weighted by atomic mass is 32.2. The molecule has 1 aromatic rings. The molecule has 9 heteroatoms. The molecule has 0 aliphatic carbocycles. The van der Waals surface area contributed by atoms with Gasteiger partial charge >= 0.3 is 0 Å². The van der Waals surface area contributed by atoms with Gasteiger partial charge in [-0.2, -0.15) is 0 Å². The number of nitrogens with one attached hydrogen (secondary N) is 2. The molecule has 0 spiro atoms. The van der Waals surface area contributed by atoms with E-state index in [0.717, 1.165) is 24.6 Å². The van der Waals surface area contributed by atoms with Crippen molar-refractivity contribution in [3.63, 3.8) is 0 Å². The molecule has 23 heavy (non-hydrogen) atoms. The fourth-order valence-corrected chi connectivity index (χ4v) is 2.46. The van der Waals surface area contributed by atoms with Crippen LogP contribution < -0.4 is 10.6 Å². The van der Waals surface area contributed by atoms with Crippen LogP contribution in [-0.4, -0.2) is 59.8 Å². The fourth-order valence-electron chi connectivity index (χ4n) is 1.86. The van der Waals surface area contributed by atoms with Gasteiger partial charge in [-0.3, -0.25) is 14.5 Å². The minimum absolute atomic E-state index is 0.0208. The number of thioether (sulfide) groups is 1. The third kappa shape index (κ3) is 7.00. The molecule has 1 aromatic heterocycles. The first kappa shape index (κ1) is 19.4. The fraction of sp³-hybridized carbons (Fsp3) is 0.714. The maximum absolute atomic E-state index is 11.7. The summed E-state index contributed by atoms with van der Waals surface area (Å²) in [4.78, 5) is 25.1. The van der Waals surface area contributed by atoms with Crippen LogP contribution in [0.15, 0.2) is 9.64 Å². The van der Waals surface area contributed by atoms with E-state index in [1.165, 1.54) is 0 Å². The molecule has 130 valence electrons. The standard InChI is InChI=1S/C14H25N5O3S/c1-5-7-15-11(20)8-16-12(21)9-23-14-18-17-13(22-14)10(6-2)19(3)4/h10H,5-9H2,1-4H3,(H,15,20)(H,16,21)/t10-/m0/s1. The van der Waals surface area contributed by atoms with Crippen LogP contribution in [-0.2, 0) is 9.59 Å². The van der Waals surface area contributed by atoms with Gasteiger partial charge in [-0.25, -0.2) is 0 Å². The normalized spacial score (nSPS) is 12.2. The van der Waals surface area contributed by atoms with Crippen molar-refractivity contribution in [3.8, 4) is 0 Å². The summed E-state index contributed by atoms with van der Waals surface area (Å²) in [7, 11) is 3.89. The molecule has 1 atom stereocenters. The second kappa shape index (κ2) is 10.2. The first-order chi connectivity index (χ1) is 11.0. The van der Waals surface area contributed by atoms with E-state index in [1.54, 1.807) is 0 Å². The molecule has 0 aliphatic heterocycles. The third-order valence-electron chi connectivity index (χ3n) is 3.06. The Hall–Kier alpha value is -1.61. The molecule has 0 fully saturated rings. The molecule has 8 nitrogen and oxygen atoms in total. The average molecular weight is 343 g/mol. The molecular formula is C14H25N5O3S. The molecule has 0 saturated carbocycles. The zero-order chi connectivity index (χ0) is 17.2. The van der Waals surface area contributed by atoms with E-state index in [0.29, 0.717) is 17.7 Å². The third-order valence-corrected chi connectivity index (χ3v) is 3.88. The number of hydrogen-bond donors (Lipinski definition) is 2. The second-order valence-electron chi connectivity index (χ2n) is 5.21. The Morgan fingerprint density at radius 1 is 1.22 bits per heavy atom. The Morgan fingerprint density at radius 2 is 1.96 bits per heavy atom. The molecular weight excluding hydrogens is 318 g/mol. The van der Waals surface area contributed by atoms with Gasteiger partial charge in [0.1, 0.15) is 0 Å². The highest BCUT2D eigenvalue weighted by Crippen LogP contribution is 2.23. The number of rotatable bonds is 10. The minimum Gasteiger partial charge on any atom is -0.414 e. The van der Waals surface area contributed by atoms with Gasteiger partial charge in [-0.15, -0.1) is 10.2 Å². The van der Waals surface area contributed by atoms with E-state index in [4.69, 9.17) is 4.42 Å². The monoisotopic (exact) mass is 343 g/mol. The van der Waals surface area contributed by atoms with Crippen molar-refractivity contribution in [3.05, 3.63) is 5.89 Å². The molecule has 2 N–H and O–H groups in total. The predicted molar refractivity (Wildman–Crippen MR) is 88.1 cm³/mol. The summed E-state index contributed by atoms with van der Waals surface area (Å²) in [5.74, 6) is 0.226. The van der Waals surface area contributed by atoms with Gasteiger partial charge in [0.15, 0.2) is 0 Å². The Balaban J connectivity index is 2.36. The van der Waals surface area contributed by atoms with Gasteiger partial charge in [-0.1, -0.05) is 25.6 Å². The lowest BCUT2D eigenvalue weighted by molar-refractivity contribution is -0.124. The van der Waals surface area contributed by atoms with E-state index in [1.807, 2.05) is 32.8 Å². The Morgan fingerprint density at radius 3 is 2.57 bits per heavy atom. The van der Waals surface area contributed by atoms with Crippen LogP contribution in [0.3, 0.4) is 0 Å². The zero-order valence-electron chi connectivity index (χ0n) is 14.1. The van der Waals surface area contributed by atoms with E-state index < -0.39 is 0 Å². The van der Waals surface area contributed by atoms with Gasteiger partial charge in [-0.05, 0) is 26.9 Å². The van der Waals surface area contributed by atoms with Crippen molar-refractivity contribution >= 4 is 23.6 Å². The number of carbonyl (C=O) groups excluding carboxylic acids is 2. The number of amides is 2. The summed E-state index contributed by atoms with van der Waals surface area (Å²) >= 11 is 1.16. The van der Waals surface area contributed by atoms with Crippen molar-refractivity contribution in [2.24, 2.45) is 0 Å². The van der Waals surface area contributed by atoms with E-state index >= 15 is 0 Å². The molecule has 0 unspecified atom stereocenters. The Bertz CT molecular complexity index is 506. The SMILES string of the molecule is CCCNC(=O)CNC(=O)CSc1nnc([C@H](CC)N(C)C)o1. The van der Waals surface area contributed by atoms with E-state index in [9.17, 15) is 9.59 Å². The minimum atomic E-state index is -0.249. The van der Waals surface area contributed by atoms with Crippen LogP contribution in [0.2, 0.25) is 0 Å². The highest BCUT2D eigenvalue weighted by molar-refractivity contribution is 7.99. The summed E-state index contributed by atoms with van der Waals surface area (Å²) < 4.78 is 5.57. The van der Waals surface area contributed by atoms with Crippen LogP contribution in [0.5, 0.6) is 0 Å². The van der Waals surface area contributed by atoms with Crippen molar-refractivity contribution < 1.29 is 14.0 Å². The van der Waals surface area contributed by atoms with E-state index in [2.05, 4.69) is 20.8 Å². The molecule has 0 aliphatic rings. The lowest BCUT2D eigenvalue weighted by Gasteiger charge is -2.18. The predicted octanol–water partition coefficient (Wildman–Crippen LogP) is 0.817. The first-order valence-corrected chi connectivity index (χ1v) is 8.62. The highest BCUT2D eigenvalue weighted by Gasteiger charge is 2.19. The summed E-state index contributed by atoms with van der Waals surface area (Å²) in [5.41, 5.74) is 0. The summed E-state index contributed by atoms with van der Waals surface area (Å²) in [6.07, 6.45) is 1.72. The lowest BCUT2D eigenvalue weighted by Crippen LogP contribution is -2.37. The van der Waals surface area contributed by atoms with Crippen LogP contribution in [0.1, 0.15) is 38.6 Å². The largest absolute Gasteiger partial charge is 0.414 e. The molecule has 0 saturated heterocycles. The lowest BCUT2D eigenvalue weighted by atomic mass is 10.2. The molecule has 1 rings (SSSR count). The smallest absolute Gasteiger partial charge is 0.277 e. The van der Waals surface area contributed by atoms with Crippen molar-refractivity contribution in [2.45, 2.75) is 38.0 Å². The van der Waals surface area contributed by atoms with Crippen molar-refractivity contribution in [2.75, 3.05) is 32.9 Å². The van der Waals surface area contributed by atoms with Crippen LogP contribution in [0.25, 0.3) is 0 Å². The molecule has 0 radical (unpaired) electrons. The van der Waals surface area contributed by atoms with Gasteiger partial charge in [0.05, 0.1) is 18.3 Å². The topological polar surface area (TPSA) is 100 Å². The van der Waals surface area contributed by atoms with E-state index in [-0.39, 0.29) is 30.2 Å². The number of aromatic nitrogens is 2. The molecule has 0 aromatic carbocycles. The van der Waals surface area contributed by atoms with Crippen LogP contribution in [0, 0.1) is 0 Å². The van der Waals surface area contributed by atoms with Crippen LogP contribution in [0.4, 0.5) is 0 Å². The number of carbonyl (C=O) groups is 2. The number of nitrogens with zero attached hydrogens (tertiary/aromatic N) is 3. The Labute approximate surface area is 140 Å². The van der Waals surface area contributed by atoms with Gasteiger partial charge in [0, 0.05) is 6.54 Å². The van der Waals surface area contributed by atoms with Gasteiger partial charge in [0.25, 0.3) is 5.22 Å². The van der Waals surface area contributed by atoms with Crippen molar-refractivity contribution in [1.82, 2.24) is 25.7 Å². The summed E-state index contributed by atoms with van der Waals surface area (Å²) in [6, 6.07) is 0.0629. The number of hydrogen-bond acceptors (Lipinski definition) is 7. The molecule has 1 heterocycles. The molecule has 2 amide bonds. The maximum Gasteiger partial charge on any atom is 0.277 e. The first-order valence-electron chi connectivity index (χ1n) is 7.63. The summed E-state index contributed by atoms with van der Waals surface area (Å²) in [6.45, 7) is 4.60. The zero-order valence-corrected chi connectivity index (χ0v) is 14.9. The van der Waals surface area contributed by atoms with Gasteiger partial charge < -0.3 is 15.1 Å². The van der Waals surface area contributed by atoms with Crippen molar-refractivity contribution in [1.29, 1.82) is 0 Å². The summed E-state index contributed by atoms with van der Waals surface area (Å²) in [5, 5.41) is 13.5.